The van der Waals surface area contributed by atoms with Gasteiger partial charge in [0.25, 0.3) is 5.88 Å². The highest BCUT2D eigenvalue weighted by atomic mass is 16.6. The summed E-state index contributed by atoms with van der Waals surface area (Å²) in [5.74, 6) is -0.00407. The first-order valence-electron chi connectivity index (χ1n) is 6.11. The Morgan fingerprint density at radius 1 is 1.47 bits per heavy atom. The van der Waals surface area contributed by atoms with E-state index in [0.717, 1.165) is 19.3 Å². The highest BCUT2D eigenvalue weighted by Crippen LogP contribution is 2.32. The first kappa shape index (κ1) is 13.5. The summed E-state index contributed by atoms with van der Waals surface area (Å²) in [6, 6.07) is -0.230. The molecule has 1 aromatic rings. The SMILES string of the molecule is COc1ncnc(NC2CCCCC2O)c1[N+](=O)[O-]. The Kier molecular flexibility index (Phi) is 4.10. The Hall–Kier alpha value is -1.96. The minimum atomic E-state index is -0.587. The second-order valence-corrected chi connectivity index (χ2v) is 4.44. The van der Waals surface area contributed by atoms with Gasteiger partial charge < -0.3 is 15.2 Å². The molecule has 0 saturated heterocycles. The fourth-order valence-corrected chi connectivity index (χ4v) is 2.24. The summed E-state index contributed by atoms with van der Waals surface area (Å²) in [6.07, 6.45) is 4.07. The predicted molar refractivity (Wildman–Crippen MR) is 67.1 cm³/mol. The van der Waals surface area contributed by atoms with Gasteiger partial charge in [-0.2, -0.15) is 4.98 Å². The highest BCUT2D eigenvalue weighted by molar-refractivity contribution is 5.61. The summed E-state index contributed by atoms with van der Waals surface area (Å²) in [5.41, 5.74) is -0.303. The molecule has 19 heavy (non-hydrogen) atoms. The molecule has 1 aromatic heterocycles. The molecule has 1 fully saturated rings. The van der Waals surface area contributed by atoms with E-state index in [1.54, 1.807) is 0 Å². The molecule has 2 unspecified atom stereocenters. The summed E-state index contributed by atoms with van der Waals surface area (Å²) >= 11 is 0. The average Bonchev–Trinajstić information content (AvgIpc) is 2.40. The van der Waals surface area contributed by atoms with Crippen LogP contribution in [0.2, 0.25) is 0 Å². The molecule has 1 saturated carbocycles. The van der Waals surface area contributed by atoms with Gasteiger partial charge in [0.1, 0.15) is 6.33 Å². The zero-order valence-corrected chi connectivity index (χ0v) is 10.6. The number of rotatable bonds is 4. The number of ether oxygens (including phenoxy) is 1. The van der Waals surface area contributed by atoms with E-state index in [-0.39, 0.29) is 23.4 Å². The van der Waals surface area contributed by atoms with Crippen molar-refractivity contribution in [1.29, 1.82) is 0 Å². The van der Waals surface area contributed by atoms with Crippen LogP contribution in [-0.4, -0.2) is 39.3 Å². The molecule has 1 aliphatic carbocycles. The molecule has 2 atom stereocenters. The van der Waals surface area contributed by atoms with E-state index in [2.05, 4.69) is 15.3 Å². The van der Waals surface area contributed by atoms with Crippen molar-refractivity contribution in [3.05, 3.63) is 16.4 Å². The van der Waals surface area contributed by atoms with Crippen molar-refractivity contribution in [2.75, 3.05) is 12.4 Å². The smallest absolute Gasteiger partial charge is 0.372 e. The van der Waals surface area contributed by atoms with Crippen LogP contribution in [0.1, 0.15) is 25.7 Å². The summed E-state index contributed by atoms with van der Waals surface area (Å²) in [5, 5.41) is 23.9. The second-order valence-electron chi connectivity index (χ2n) is 4.44. The maximum absolute atomic E-state index is 11.1. The zero-order valence-electron chi connectivity index (χ0n) is 10.6. The first-order chi connectivity index (χ1) is 9.13. The number of nitro groups is 1. The minimum absolute atomic E-state index is 0.0859. The average molecular weight is 268 g/mol. The van der Waals surface area contributed by atoms with Crippen LogP contribution in [0, 0.1) is 10.1 Å². The summed E-state index contributed by atoms with van der Waals surface area (Å²) in [4.78, 5) is 18.1. The van der Waals surface area contributed by atoms with E-state index < -0.39 is 11.0 Å². The summed E-state index contributed by atoms with van der Waals surface area (Å²) < 4.78 is 4.87. The lowest BCUT2D eigenvalue weighted by molar-refractivity contribution is -0.385. The van der Waals surface area contributed by atoms with Crippen LogP contribution in [0.5, 0.6) is 5.88 Å². The standard InChI is InChI=1S/C11H16N4O4/c1-19-11-9(15(17)18)10(12-6-13-11)14-7-4-2-3-5-8(7)16/h6-8,16H,2-5H2,1H3,(H,12,13,14). The molecule has 2 N–H and O–H groups in total. The van der Waals surface area contributed by atoms with Crippen molar-refractivity contribution in [3.8, 4) is 5.88 Å². The van der Waals surface area contributed by atoms with Gasteiger partial charge in [-0.3, -0.25) is 10.1 Å². The molecule has 1 heterocycles. The minimum Gasteiger partial charge on any atom is -0.476 e. The van der Waals surface area contributed by atoms with Gasteiger partial charge in [0, 0.05) is 0 Å². The first-order valence-corrected chi connectivity index (χ1v) is 6.11. The zero-order chi connectivity index (χ0) is 13.8. The van der Waals surface area contributed by atoms with Crippen molar-refractivity contribution in [2.45, 2.75) is 37.8 Å². The number of nitrogens with one attached hydrogen (secondary N) is 1. The molecule has 0 spiro atoms. The van der Waals surface area contributed by atoms with E-state index in [4.69, 9.17) is 4.74 Å². The van der Waals surface area contributed by atoms with Crippen LogP contribution in [0.4, 0.5) is 11.5 Å². The number of methoxy groups -OCH3 is 1. The third kappa shape index (κ3) is 2.90. The Morgan fingerprint density at radius 2 is 2.21 bits per heavy atom. The van der Waals surface area contributed by atoms with Gasteiger partial charge >= 0.3 is 5.69 Å². The lowest BCUT2D eigenvalue weighted by Crippen LogP contribution is -2.36. The molecule has 1 aliphatic rings. The van der Waals surface area contributed by atoms with Crippen LogP contribution in [0.15, 0.2) is 6.33 Å². The number of aromatic nitrogens is 2. The van der Waals surface area contributed by atoms with Gasteiger partial charge in [0.2, 0.25) is 5.82 Å². The molecule has 0 aliphatic heterocycles. The summed E-state index contributed by atoms with van der Waals surface area (Å²) in [7, 11) is 1.31. The molecular weight excluding hydrogens is 252 g/mol. The fourth-order valence-electron chi connectivity index (χ4n) is 2.24. The molecule has 8 heteroatoms. The van der Waals surface area contributed by atoms with Gasteiger partial charge in [-0.05, 0) is 12.8 Å². The van der Waals surface area contributed by atoms with Gasteiger partial charge in [-0.25, -0.2) is 4.98 Å². The van der Waals surface area contributed by atoms with Gasteiger partial charge in [0.05, 0.1) is 24.2 Å². The second kappa shape index (κ2) is 5.79. The van der Waals surface area contributed by atoms with Crippen LogP contribution in [0.25, 0.3) is 0 Å². The van der Waals surface area contributed by atoms with E-state index in [1.807, 2.05) is 0 Å². The highest BCUT2D eigenvalue weighted by Gasteiger charge is 2.29. The van der Waals surface area contributed by atoms with E-state index in [0.29, 0.717) is 6.42 Å². The number of hydrogen-bond acceptors (Lipinski definition) is 7. The molecule has 0 radical (unpaired) electrons. The van der Waals surface area contributed by atoms with Crippen LogP contribution in [0.3, 0.4) is 0 Å². The number of aliphatic hydroxyl groups is 1. The third-order valence-electron chi connectivity index (χ3n) is 3.22. The van der Waals surface area contributed by atoms with E-state index in [9.17, 15) is 15.2 Å². The molecule has 0 bridgehead atoms. The van der Waals surface area contributed by atoms with Crippen molar-refractivity contribution < 1.29 is 14.8 Å². The lowest BCUT2D eigenvalue weighted by Gasteiger charge is -2.28. The Balaban J connectivity index is 2.26. The molecular formula is C11H16N4O4. The van der Waals surface area contributed by atoms with Crippen LogP contribution in [-0.2, 0) is 0 Å². The monoisotopic (exact) mass is 268 g/mol. The number of aliphatic hydroxyl groups excluding tert-OH is 1. The van der Waals surface area contributed by atoms with Gasteiger partial charge in [-0.15, -0.1) is 0 Å². The fraction of sp³-hybridized carbons (Fsp3) is 0.636. The molecule has 8 nitrogen and oxygen atoms in total. The molecule has 0 aromatic carbocycles. The number of nitrogens with zero attached hydrogens (tertiary/aromatic N) is 3. The van der Waals surface area contributed by atoms with E-state index in [1.165, 1.54) is 13.4 Å². The molecule has 2 rings (SSSR count). The maximum atomic E-state index is 11.1. The molecule has 0 amide bonds. The lowest BCUT2D eigenvalue weighted by atomic mass is 9.92. The quantitative estimate of drug-likeness (QED) is 0.621. The van der Waals surface area contributed by atoms with Crippen molar-refractivity contribution in [2.24, 2.45) is 0 Å². The molecule has 104 valence electrons. The predicted octanol–water partition coefficient (Wildman–Crippen LogP) is 1.11. The topological polar surface area (TPSA) is 110 Å². The largest absolute Gasteiger partial charge is 0.476 e. The maximum Gasteiger partial charge on any atom is 0.372 e. The Labute approximate surface area is 110 Å². The third-order valence-corrected chi connectivity index (χ3v) is 3.22. The Bertz CT molecular complexity index is 468. The van der Waals surface area contributed by atoms with Crippen molar-refractivity contribution in [1.82, 2.24) is 9.97 Å². The number of hydrogen-bond donors (Lipinski definition) is 2. The van der Waals surface area contributed by atoms with E-state index >= 15 is 0 Å². The van der Waals surface area contributed by atoms with Gasteiger partial charge in [-0.1, -0.05) is 12.8 Å². The normalized spacial score (nSPS) is 22.8. The van der Waals surface area contributed by atoms with Crippen molar-refractivity contribution >= 4 is 11.5 Å². The van der Waals surface area contributed by atoms with Crippen LogP contribution < -0.4 is 10.1 Å². The summed E-state index contributed by atoms with van der Waals surface area (Å²) in [6.45, 7) is 0. The van der Waals surface area contributed by atoms with Gasteiger partial charge in [0.15, 0.2) is 0 Å². The van der Waals surface area contributed by atoms with Crippen LogP contribution >= 0.6 is 0 Å². The number of anilines is 1. The Morgan fingerprint density at radius 3 is 2.84 bits per heavy atom. The van der Waals surface area contributed by atoms with Crippen molar-refractivity contribution in [3.63, 3.8) is 0 Å².